The van der Waals surface area contributed by atoms with Gasteiger partial charge in [-0.1, -0.05) is 0 Å². The third-order valence-corrected chi connectivity index (χ3v) is 7.76. The molecule has 3 heterocycles. The molecule has 0 radical (unpaired) electrons. The van der Waals surface area contributed by atoms with Crippen molar-refractivity contribution in [2.24, 2.45) is 0 Å². The average molecular weight is 528 g/mol. The second kappa shape index (κ2) is 9.49. The van der Waals surface area contributed by atoms with Crippen molar-refractivity contribution < 1.29 is 60.7 Å². The molecule has 2 aromatic heterocycles. The van der Waals surface area contributed by atoms with Crippen LogP contribution in [0.3, 0.4) is 0 Å². The summed E-state index contributed by atoms with van der Waals surface area (Å²) < 4.78 is 56.6. The third kappa shape index (κ3) is 6.88. The Morgan fingerprint density at radius 3 is 2.55 bits per heavy atom. The van der Waals surface area contributed by atoms with Crippen LogP contribution in [0.1, 0.15) is 19.6 Å². The molecule has 1 aliphatic heterocycles. The Morgan fingerprint density at radius 1 is 1.21 bits per heavy atom. The molecule has 1 aliphatic rings. The molecule has 33 heavy (non-hydrogen) atoms. The third-order valence-electron chi connectivity index (χ3n) is 4.10. The molecule has 0 bridgehead atoms. The molecule has 0 aliphatic carbocycles. The van der Waals surface area contributed by atoms with Crippen LogP contribution in [-0.4, -0.2) is 39.3 Å². The first-order valence-electron chi connectivity index (χ1n) is 8.77. The Labute approximate surface area is 184 Å². The van der Waals surface area contributed by atoms with Crippen molar-refractivity contribution in [3.8, 4) is 0 Å². The second-order valence-corrected chi connectivity index (χ2v) is 10.8. The summed E-state index contributed by atoms with van der Waals surface area (Å²) in [6.45, 7) is 0.181. The number of phosphoric ester groups is 1. The number of fused-ring (bicyclic) bond motifs is 1. The Bertz CT molecular complexity index is 1180. The second-order valence-electron chi connectivity index (χ2n) is 6.54. The minimum Gasteiger partial charge on any atom is -0.790 e. The topological polar surface area (TPSA) is 263 Å². The zero-order valence-electron chi connectivity index (χ0n) is 16.4. The first-order valence-corrected chi connectivity index (χ1v) is 13.1. The van der Waals surface area contributed by atoms with Crippen LogP contribution in [0.15, 0.2) is 18.6 Å². The van der Waals surface area contributed by atoms with E-state index in [1.165, 1.54) is 23.2 Å². The van der Waals surface area contributed by atoms with Gasteiger partial charge in [0, 0.05) is 19.5 Å². The van der Waals surface area contributed by atoms with Crippen molar-refractivity contribution in [2.75, 3.05) is 12.3 Å². The number of rotatable bonds is 9. The van der Waals surface area contributed by atoms with Crippen LogP contribution < -0.4 is 25.3 Å². The number of hydrogen-bond acceptors (Lipinski definition) is 16. The number of pyridine rings is 1. The van der Waals surface area contributed by atoms with Crippen LogP contribution in [0, 0.1) is 0 Å². The summed E-state index contributed by atoms with van der Waals surface area (Å²) in [4.78, 5) is 63.5. The number of nitrogens with two attached hydrogens (primary N) is 1. The summed E-state index contributed by atoms with van der Waals surface area (Å²) in [5.41, 5.74) is 6.86. The maximum Gasteiger partial charge on any atom is 0.302 e. The van der Waals surface area contributed by atoms with Gasteiger partial charge in [-0.3, -0.25) is 22.8 Å². The molecule has 0 amide bonds. The lowest BCUT2D eigenvalue weighted by molar-refractivity contribution is -0.339. The van der Waals surface area contributed by atoms with Crippen molar-refractivity contribution in [1.82, 2.24) is 14.5 Å². The summed E-state index contributed by atoms with van der Waals surface area (Å²) in [7, 11) is -18.0. The van der Waals surface area contributed by atoms with Crippen molar-refractivity contribution in [3.05, 3.63) is 18.6 Å². The van der Waals surface area contributed by atoms with Gasteiger partial charge >= 0.3 is 5.97 Å². The zero-order valence-corrected chi connectivity index (χ0v) is 19.1. The van der Waals surface area contributed by atoms with Crippen molar-refractivity contribution >= 4 is 46.3 Å². The number of carbonyl (C=O) groups is 1. The fraction of sp³-hybridized carbons (Fsp3) is 0.462. The summed E-state index contributed by atoms with van der Waals surface area (Å²) >= 11 is 0. The lowest BCUT2D eigenvalue weighted by Gasteiger charge is -2.37. The van der Waals surface area contributed by atoms with Crippen LogP contribution >= 0.6 is 23.5 Å². The quantitative estimate of drug-likeness (QED) is 0.274. The zero-order chi connectivity index (χ0) is 24.6. The van der Waals surface area contributed by atoms with Gasteiger partial charge < -0.3 is 43.9 Å². The number of carbonyl (C=O) groups excluding carboxylic acids is 1. The van der Waals surface area contributed by atoms with Crippen LogP contribution in [0.5, 0.6) is 0 Å². The van der Waals surface area contributed by atoms with Gasteiger partial charge in [-0.25, -0.2) is 14.3 Å². The molecule has 3 rings (SSSR count). The molecule has 1 saturated heterocycles. The molecule has 0 saturated carbocycles. The number of esters is 1. The number of phosphoric acid groups is 3. The number of imidazole rings is 1. The summed E-state index contributed by atoms with van der Waals surface area (Å²) in [5, 5.41) is 0. The van der Waals surface area contributed by atoms with Crippen LogP contribution in [-0.2, 0) is 41.1 Å². The molecule has 17 nitrogen and oxygen atoms in total. The number of hydrogen-bond donors (Lipinski definition) is 1. The van der Waals surface area contributed by atoms with Gasteiger partial charge in [0.05, 0.1) is 26.4 Å². The van der Waals surface area contributed by atoms with E-state index in [1.807, 2.05) is 0 Å². The van der Waals surface area contributed by atoms with E-state index in [0.29, 0.717) is 16.9 Å². The van der Waals surface area contributed by atoms with Crippen molar-refractivity contribution in [3.63, 3.8) is 0 Å². The molecule has 20 heteroatoms. The lowest BCUT2D eigenvalue weighted by atomic mass is 10.2. The van der Waals surface area contributed by atoms with E-state index in [4.69, 9.17) is 15.2 Å². The Morgan fingerprint density at radius 2 is 1.91 bits per heavy atom. The maximum absolute atomic E-state index is 11.8. The largest absolute Gasteiger partial charge is 0.790 e. The summed E-state index contributed by atoms with van der Waals surface area (Å²) in [5.74, 6) is -0.729. The summed E-state index contributed by atoms with van der Waals surface area (Å²) in [6.07, 6.45) is -0.395. The molecule has 1 fully saturated rings. The molecule has 5 atom stereocenters. The van der Waals surface area contributed by atoms with Gasteiger partial charge in [0.2, 0.25) is 0 Å². The number of anilines is 1. The average Bonchev–Trinajstić information content (AvgIpc) is 3.21. The number of ether oxygens (including phenoxy) is 2. The van der Waals surface area contributed by atoms with Crippen LogP contribution in [0.4, 0.5) is 5.69 Å². The predicted molar refractivity (Wildman–Crippen MR) is 97.0 cm³/mol. The van der Waals surface area contributed by atoms with Gasteiger partial charge in [0.15, 0.2) is 5.65 Å². The first kappa shape index (κ1) is 25.9. The molecular weight excluding hydrogens is 513 g/mol. The number of nitrogen functional groups attached to an aromatic ring is 1. The van der Waals surface area contributed by atoms with E-state index in [-0.39, 0.29) is 6.42 Å². The summed E-state index contributed by atoms with van der Waals surface area (Å²) in [6, 6.07) is 1.52. The fourth-order valence-corrected chi connectivity index (χ4v) is 5.84. The van der Waals surface area contributed by atoms with Gasteiger partial charge in [-0.15, -0.1) is 0 Å². The monoisotopic (exact) mass is 528 g/mol. The van der Waals surface area contributed by atoms with E-state index >= 15 is 0 Å². The van der Waals surface area contributed by atoms with E-state index < -0.39 is 54.5 Å². The standard InChI is InChI=1S/C13H19N4O13P3/c1-7(18)27-9-4-11(17-6-16-12-8(14)2-3-15-13(12)17)28-10(9)5-26-32(22,23)30-33(24,25)29-31(19,20)21/h2-3,6,9-11H,4-5H2,1H3,(H2,14,15)(H,22,23)(H,24,25)(H2,19,20,21)/p-4. The number of aromatic nitrogens is 3. The van der Waals surface area contributed by atoms with Crippen molar-refractivity contribution in [2.45, 2.75) is 31.8 Å². The van der Waals surface area contributed by atoms with E-state index in [9.17, 15) is 38.1 Å². The van der Waals surface area contributed by atoms with Crippen LogP contribution in [0.25, 0.3) is 11.2 Å². The predicted octanol–water partition coefficient (Wildman–Crippen LogP) is -1.95. The van der Waals surface area contributed by atoms with Gasteiger partial charge in [0.1, 0.15) is 24.0 Å². The highest BCUT2D eigenvalue weighted by Gasteiger charge is 2.40. The molecule has 0 aromatic carbocycles. The lowest BCUT2D eigenvalue weighted by Crippen LogP contribution is -2.31. The van der Waals surface area contributed by atoms with E-state index in [2.05, 4.69) is 23.1 Å². The van der Waals surface area contributed by atoms with Crippen LogP contribution in [0.2, 0.25) is 0 Å². The minimum absolute atomic E-state index is 0.00172. The Hall–Kier alpha value is -1.74. The molecule has 5 unspecified atom stereocenters. The highest BCUT2D eigenvalue weighted by atomic mass is 31.3. The molecule has 2 aromatic rings. The van der Waals surface area contributed by atoms with E-state index in [1.54, 1.807) is 0 Å². The normalized spacial score (nSPS) is 24.9. The first-order chi connectivity index (χ1) is 15.2. The molecular formula is C13H15N4O13P3-4. The highest BCUT2D eigenvalue weighted by Crippen LogP contribution is 2.60. The smallest absolute Gasteiger partial charge is 0.302 e. The van der Waals surface area contributed by atoms with Gasteiger partial charge in [0.25, 0.3) is 15.6 Å². The minimum atomic E-state index is -6.12. The number of nitrogens with zero attached hydrogens (tertiary/aromatic N) is 3. The van der Waals surface area contributed by atoms with Gasteiger partial charge in [-0.05, 0) is 6.07 Å². The van der Waals surface area contributed by atoms with Crippen molar-refractivity contribution in [1.29, 1.82) is 0 Å². The molecule has 0 spiro atoms. The van der Waals surface area contributed by atoms with Gasteiger partial charge in [-0.2, -0.15) is 0 Å². The maximum atomic E-state index is 11.8. The Balaban J connectivity index is 1.73. The Kier molecular flexibility index (Phi) is 7.44. The highest BCUT2D eigenvalue weighted by molar-refractivity contribution is 7.64. The fourth-order valence-electron chi connectivity index (χ4n) is 2.97. The van der Waals surface area contributed by atoms with E-state index in [0.717, 1.165) is 6.92 Å². The molecule has 184 valence electrons. The molecule has 2 N–H and O–H groups in total. The SMILES string of the molecule is CC(=O)OC1CC(n2cnc3c(N)ccnc32)OC1COP(=O)([O-])OP(=O)([O-])OP(=O)([O-])[O-].